The van der Waals surface area contributed by atoms with Crippen molar-refractivity contribution in [1.82, 2.24) is 0 Å². The molecule has 0 rings (SSSR count). The molecule has 0 saturated heterocycles. The van der Waals surface area contributed by atoms with Crippen molar-refractivity contribution >= 4 is 17.5 Å². The van der Waals surface area contributed by atoms with E-state index in [1.807, 2.05) is 11.8 Å². The zero-order valence-electron chi connectivity index (χ0n) is 8.43. The molecule has 0 aromatic heterocycles. The Labute approximate surface area is 74.7 Å². The number of nitrogens with zero attached hydrogens (tertiary/aromatic N) is 1. The highest BCUT2D eigenvalue weighted by molar-refractivity contribution is 7.99. The molecular formula is C9H19NS. The van der Waals surface area contributed by atoms with E-state index in [1.165, 1.54) is 5.71 Å². The predicted molar refractivity (Wildman–Crippen MR) is 55.8 cm³/mol. The van der Waals surface area contributed by atoms with Crippen molar-refractivity contribution < 1.29 is 0 Å². The van der Waals surface area contributed by atoms with Crippen molar-refractivity contribution in [1.29, 1.82) is 0 Å². The quantitative estimate of drug-likeness (QED) is 0.585. The summed E-state index contributed by atoms with van der Waals surface area (Å²) in [5, 5.41) is 0.550. The smallest absolute Gasteiger partial charge is 0.0523 e. The van der Waals surface area contributed by atoms with Crippen molar-refractivity contribution in [2.75, 3.05) is 6.26 Å². The van der Waals surface area contributed by atoms with Crippen molar-refractivity contribution in [2.45, 2.75) is 45.4 Å². The van der Waals surface area contributed by atoms with Gasteiger partial charge in [-0.3, -0.25) is 4.99 Å². The third-order valence-corrected chi connectivity index (χ3v) is 2.50. The molecule has 1 nitrogen and oxygen atoms in total. The largest absolute Gasteiger partial charge is 0.288 e. The Morgan fingerprint density at radius 3 is 2.09 bits per heavy atom. The summed E-state index contributed by atoms with van der Waals surface area (Å²) < 4.78 is 0. The summed E-state index contributed by atoms with van der Waals surface area (Å²) in [6.07, 6.45) is 2.12. The van der Waals surface area contributed by atoms with Gasteiger partial charge >= 0.3 is 0 Å². The van der Waals surface area contributed by atoms with Gasteiger partial charge in [0.15, 0.2) is 0 Å². The molecule has 0 spiro atoms. The maximum absolute atomic E-state index is 4.58. The summed E-state index contributed by atoms with van der Waals surface area (Å²) in [4.78, 5) is 4.58. The van der Waals surface area contributed by atoms with Crippen LogP contribution in [0.4, 0.5) is 0 Å². The number of aliphatic imine (C=N–C) groups is 1. The second-order valence-corrected chi connectivity index (χ2v) is 4.98. The summed E-state index contributed by atoms with van der Waals surface area (Å²) in [5.74, 6) is 0. The van der Waals surface area contributed by atoms with Crippen LogP contribution in [0.3, 0.4) is 0 Å². The molecule has 0 aliphatic carbocycles. The van der Waals surface area contributed by atoms with E-state index in [1.54, 1.807) is 0 Å². The first-order valence-corrected chi connectivity index (χ1v) is 5.25. The van der Waals surface area contributed by atoms with Crippen molar-refractivity contribution in [3.05, 3.63) is 0 Å². The molecule has 66 valence electrons. The van der Waals surface area contributed by atoms with E-state index >= 15 is 0 Å². The van der Waals surface area contributed by atoms with Gasteiger partial charge in [0.05, 0.1) is 5.54 Å². The summed E-state index contributed by atoms with van der Waals surface area (Å²) in [6, 6.07) is 0. The van der Waals surface area contributed by atoms with E-state index < -0.39 is 0 Å². The van der Waals surface area contributed by atoms with Crippen LogP contribution < -0.4 is 0 Å². The van der Waals surface area contributed by atoms with Gasteiger partial charge in [0.1, 0.15) is 0 Å². The van der Waals surface area contributed by atoms with E-state index in [-0.39, 0.29) is 5.54 Å². The maximum Gasteiger partial charge on any atom is 0.0523 e. The molecule has 0 bridgehead atoms. The molecule has 0 radical (unpaired) electrons. The first kappa shape index (κ1) is 11.0. The Morgan fingerprint density at radius 1 is 1.36 bits per heavy atom. The number of hydrogen-bond acceptors (Lipinski definition) is 2. The molecular weight excluding hydrogens is 154 g/mol. The van der Waals surface area contributed by atoms with Crippen LogP contribution >= 0.6 is 11.8 Å². The third kappa shape index (κ3) is 5.31. The lowest BCUT2D eigenvalue weighted by Gasteiger charge is -2.16. The molecule has 0 aliphatic rings. The zero-order valence-corrected chi connectivity index (χ0v) is 9.25. The first-order chi connectivity index (χ1) is 4.87. The number of hydrogen-bond donors (Lipinski definition) is 0. The Hall–Kier alpha value is 0.0200. The lowest BCUT2D eigenvalue weighted by Crippen LogP contribution is -2.17. The van der Waals surface area contributed by atoms with Gasteiger partial charge in [-0.15, -0.1) is 0 Å². The van der Waals surface area contributed by atoms with Gasteiger partial charge < -0.3 is 0 Å². The van der Waals surface area contributed by atoms with E-state index in [0.717, 1.165) is 0 Å². The number of rotatable bonds is 2. The Bertz CT molecular complexity index is 144. The molecule has 0 saturated carbocycles. The van der Waals surface area contributed by atoms with Crippen LogP contribution in [-0.4, -0.2) is 22.8 Å². The van der Waals surface area contributed by atoms with Crippen LogP contribution in [0.5, 0.6) is 0 Å². The van der Waals surface area contributed by atoms with Crippen LogP contribution in [-0.2, 0) is 0 Å². The lowest BCUT2D eigenvalue weighted by molar-refractivity contribution is 0.582. The molecule has 0 aromatic rings. The van der Waals surface area contributed by atoms with Gasteiger partial charge in [0.2, 0.25) is 0 Å². The summed E-state index contributed by atoms with van der Waals surface area (Å²) in [5.41, 5.74) is 1.32. The third-order valence-electron chi connectivity index (χ3n) is 1.45. The highest BCUT2D eigenvalue weighted by Crippen LogP contribution is 2.13. The van der Waals surface area contributed by atoms with Gasteiger partial charge in [0.25, 0.3) is 0 Å². The van der Waals surface area contributed by atoms with Gasteiger partial charge in [-0.2, -0.15) is 11.8 Å². The zero-order chi connectivity index (χ0) is 9.07. The maximum atomic E-state index is 4.58. The molecule has 0 N–H and O–H groups in total. The Morgan fingerprint density at radius 2 is 1.82 bits per heavy atom. The molecule has 0 amide bonds. The van der Waals surface area contributed by atoms with Gasteiger partial charge in [-0.1, -0.05) is 0 Å². The topological polar surface area (TPSA) is 12.4 Å². The SMILES string of the molecule is CSC(C)C(C)=NC(C)(C)C. The molecule has 2 heteroatoms. The van der Waals surface area contributed by atoms with Crippen LogP contribution in [0.1, 0.15) is 34.6 Å². The minimum atomic E-state index is 0.0775. The normalized spacial score (nSPS) is 16.7. The molecule has 0 fully saturated rings. The van der Waals surface area contributed by atoms with E-state index in [2.05, 4.69) is 45.9 Å². The van der Waals surface area contributed by atoms with Gasteiger partial charge in [0, 0.05) is 11.0 Å². The minimum Gasteiger partial charge on any atom is -0.288 e. The fraction of sp³-hybridized carbons (Fsp3) is 0.889. The van der Waals surface area contributed by atoms with Crippen molar-refractivity contribution in [2.24, 2.45) is 4.99 Å². The highest BCUT2D eigenvalue weighted by Gasteiger charge is 2.10. The fourth-order valence-electron chi connectivity index (χ4n) is 0.791. The van der Waals surface area contributed by atoms with E-state index in [0.29, 0.717) is 5.25 Å². The second kappa shape index (κ2) is 4.15. The molecule has 11 heavy (non-hydrogen) atoms. The van der Waals surface area contributed by atoms with Crippen LogP contribution in [0, 0.1) is 0 Å². The monoisotopic (exact) mass is 173 g/mol. The molecule has 0 aliphatic heterocycles. The van der Waals surface area contributed by atoms with Crippen molar-refractivity contribution in [3.63, 3.8) is 0 Å². The standard InChI is InChI=1S/C9H19NS/c1-7(8(2)11-6)10-9(3,4)5/h8H,1-6H3. The number of thioether (sulfide) groups is 1. The molecule has 1 atom stereocenters. The highest BCUT2D eigenvalue weighted by atomic mass is 32.2. The van der Waals surface area contributed by atoms with Crippen molar-refractivity contribution in [3.8, 4) is 0 Å². The summed E-state index contributed by atoms with van der Waals surface area (Å²) >= 11 is 1.84. The fourth-order valence-corrected chi connectivity index (χ4v) is 1.18. The van der Waals surface area contributed by atoms with E-state index in [9.17, 15) is 0 Å². The molecule has 0 aromatic carbocycles. The van der Waals surface area contributed by atoms with Gasteiger partial charge in [-0.05, 0) is 40.9 Å². The van der Waals surface area contributed by atoms with Crippen LogP contribution in [0.25, 0.3) is 0 Å². The van der Waals surface area contributed by atoms with E-state index in [4.69, 9.17) is 0 Å². The van der Waals surface area contributed by atoms with Gasteiger partial charge in [-0.25, -0.2) is 0 Å². The molecule has 0 heterocycles. The average molecular weight is 173 g/mol. The Kier molecular flexibility index (Phi) is 4.16. The van der Waals surface area contributed by atoms with Crippen LogP contribution in [0.15, 0.2) is 4.99 Å². The predicted octanol–water partition coefficient (Wildman–Crippen LogP) is 3.00. The average Bonchev–Trinajstić information content (AvgIpc) is 1.82. The second-order valence-electron chi connectivity index (χ2n) is 3.80. The minimum absolute atomic E-state index is 0.0775. The van der Waals surface area contributed by atoms with Crippen LogP contribution in [0.2, 0.25) is 0 Å². The Balaban J connectivity index is 4.22. The lowest BCUT2D eigenvalue weighted by atomic mass is 10.1. The first-order valence-electron chi connectivity index (χ1n) is 3.96. The summed E-state index contributed by atoms with van der Waals surface area (Å²) in [7, 11) is 0. The summed E-state index contributed by atoms with van der Waals surface area (Å²) in [6.45, 7) is 10.7. The molecule has 1 unspecified atom stereocenters.